The lowest BCUT2D eigenvalue weighted by Crippen LogP contribution is -2.19. The molecule has 0 amide bonds. The molecule has 0 radical (unpaired) electrons. The molecule has 1 aromatic heterocycles. The Hall–Kier alpha value is -2.47. The minimum Gasteiger partial charge on any atom is -0.480 e. The number of para-hydroxylation sites is 2. The zero-order valence-electron chi connectivity index (χ0n) is 11.6. The third-order valence-electron chi connectivity index (χ3n) is 2.98. The van der Waals surface area contributed by atoms with Crippen molar-refractivity contribution >= 4 is 29.3 Å². The Balaban J connectivity index is 1.99. The number of aromatic nitrogens is 2. The number of aliphatic carboxylic acids is 1. The number of hydrogen-bond donors (Lipinski definition) is 3. The number of nitrogens with one attached hydrogen (secondary N) is 1. The standard InChI is InChI=1S/C15H18N4O2/c16-9-3-7-13(15(20)21)17-10-4-8-14-18-11-5-1-2-6-12(11)19-14/h1-2,4-6,8,10,13H,3,7,9,16H2,(H,18,19)(H,20,21)/b8-4+,17-10?. The molecule has 4 N–H and O–H groups in total. The molecule has 6 heteroatoms. The molecule has 6 nitrogen and oxygen atoms in total. The maximum Gasteiger partial charge on any atom is 0.328 e. The summed E-state index contributed by atoms with van der Waals surface area (Å²) in [6, 6.07) is 6.98. The van der Waals surface area contributed by atoms with Crippen LogP contribution in [0.2, 0.25) is 0 Å². The van der Waals surface area contributed by atoms with E-state index < -0.39 is 12.0 Å². The number of carbonyl (C=O) groups is 1. The Kier molecular flexibility index (Phi) is 5.22. The first-order valence-electron chi connectivity index (χ1n) is 6.78. The van der Waals surface area contributed by atoms with Crippen LogP contribution < -0.4 is 5.73 Å². The lowest BCUT2D eigenvalue weighted by atomic mass is 10.1. The molecule has 0 aliphatic heterocycles. The van der Waals surface area contributed by atoms with Gasteiger partial charge >= 0.3 is 5.97 Å². The van der Waals surface area contributed by atoms with Crippen LogP contribution in [0.3, 0.4) is 0 Å². The molecule has 0 saturated carbocycles. The van der Waals surface area contributed by atoms with Crippen LogP contribution in [0.1, 0.15) is 18.7 Å². The van der Waals surface area contributed by atoms with Gasteiger partial charge in [-0.2, -0.15) is 0 Å². The van der Waals surface area contributed by atoms with Crippen molar-refractivity contribution < 1.29 is 9.90 Å². The summed E-state index contributed by atoms with van der Waals surface area (Å²) in [5.41, 5.74) is 7.22. The van der Waals surface area contributed by atoms with E-state index in [-0.39, 0.29) is 0 Å². The fourth-order valence-corrected chi connectivity index (χ4v) is 1.91. The van der Waals surface area contributed by atoms with Crippen LogP contribution in [0.4, 0.5) is 0 Å². The van der Waals surface area contributed by atoms with E-state index >= 15 is 0 Å². The number of rotatable bonds is 7. The second-order valence-corrected chi connectivity index (χ2v) is 4.58. The predicted octanol–water partition coefficient (Wildman–Crippen LogP) is 1.84. The molecule has 0 bridgehead atoms. The molecule has 1 aromatic carbocycles. The molecule has 110 valence electrons. The SMILES string of the molecule is NCCCC(N=C/C=C/c1nc2ccccc2[nH]1)C(=O)O. The Bertz CT molecular complexity index is 627. The van der Waals surface area contributed by atoms with Gasteiger partial charge in [-0.25, -0.2) is 9.78 Å². The number of fused-ring (bicyclic) bond motifs is 1. The van der Waals surface area contributed by atoms with Gasteiger partial charge in [0.1, 0.15) is 11.9 Å². The quantitative estimate of drug-likeness (QED) is 0.675. The van der Waals surface area contributed by atoms with Crippen molar-refractivity contribution in [1.82, 2.24) is 9.97 Å². The number of hydrogen-bond acceptors (Lipinski definition) is 4. The summed E-state index contributed by atoms with van der Waals surface area (Å²) in [5.74, 6) is -0.228. The van der Waals surface area contributed by atoms with E-state index in [0.717, 1.165) is 11.0 Å². The highest BCUT2D eigenvalue weighted by atomic mass is 16.4. The largest absolute Gasteiger partial charge is 0.480 e. The zero-order valence-corrected chi connectivity index (χ0v) is 11.6. The molecule has 21 heavy (non-hydrogen) atoms. The molecule has 2 rings (SSSR count). The van der Waals surface area contributed by atoms with E-state index in [1.54, 1.807) is 12.2 Å². The third-order valence-corrected chi connectivity index (χ3v) is 2.98. The van der Waals surface area contributed by atoms with E-state index in [1.807, 2.05) is 24.3 Å². The van der Waals surface area contributed by atoms with Gasteiger partial charge in [0, 0.05) is 6.21 Å². The average Bonchev–Trinajstić information content (AvgIpc) is 2.88. The summed E-state index contributed by atoms with van der Waals surface area (Å²) in [4.78, 5) is 22.5. The lowest BCUT2D eigenvalue weighted by molar-refractivity contribution is -0.138. The number of H-pyrrole nitrogens is 1. The van der Waals surface area contributed by atoms with Crippen molar-refractivity contribution in [2.75, 3.05) is 6.54 Å². The Morgan fingerprint density at radius 1 is 1.48 bits per heavy atom. The number of imidazole rings is 1. The second-order valence-electron chi connectivity index (χ2n) is 4.58. The molecular weight excluding hydrogens is 268 g/mol. The van der Waals surface area contributed by atoms with E-state index in [2.05, 4.69) is 15.0 Å². The van der Waals surface area contributed by atoms with Crippen molar-refractivity contribution in [3.05, 3.63) is 36.2 Å². The first-order valence-corrected chi connectivity index (χ1v) is 6.78. The first-order chi connectivity index (χ1) is 10.2. The van der Waals surface area contributed by atoms with Gasteiger partial charge in [-0.15, -0.1) is 0 Å². The number of nitrogens with zero attached hydrogens (tertiary/aromatic N) is 2. The maximum absolute atomic E-state index is 11.0. The normalized spacial score (nSPS) is 13.4. The topological polar surface area (TPSA) is 104 Å². The number of aliphatic imine (C=N–C) groups is 1. The van der Waals surface area contributed by atoms with Crippen molar-refractivity contribution in [2.24, 2.45) is 10.7 Å². The van der Waals surface area contributed by atoms with Gasteiger partial charge < -0.3 is 15.8 Å². The predicted molar refractivity (Wildman–Crippen MR) is 83.3 cm³/mol. The minimum absolute atomic E-state index is 0.445. The first kappa shape index (κ1) is 14.9. The lowest BCUT2D eigenvalue weighted by Gasteiger charge is -2.04. The summed E-state index contributed by atoms with van der Waals surface area (Å²) in [7, 11) is 0. The third kappa shape index (κ3) is 4.25. The van der Waals surface area contributed by atoms with Gasteiger partial charge in [-0.1, -0.05) is 12.1 Å². The molecule has 0 aliphatic rings. The van der Waals surface area contributed by atoms with Gasteiger partial charge in [0.15, 0.2) is 0 Å². The number of carboxylic acid groups (broad SMARTS) is 1. The second kappa shape index (κ2) is 7.35. The summed E-state index contributed by atoms with van der Waals surface area (Å²) in [5, 5.41) is 9.01. The molecule has 0 saturated heterocycles. The molecule has 1 heterocycles. The number of benzene rings is 1. The van der Waals surface area contributed by atoms with Crippen LogP contribution in [0.15, 0.2) is 35.3 Å². The minimum atomic E-state index is -0.933. The van der Waals surface area contributed by atoms with Gasteiger partial charge in [-0.05, 0) is 43.7 Å². The summed E-state index contributed by atoms with van der Waals surface area (Å²) < 4.78 is 0. The van der Waals surface area contributed by atoms with Gasteiger partial charge in [0.25, 0.3) is 0 Å². The van der Waals surface area contributed by atoms with Crippen LogP contribution in [0.5, 0.6) is 0 Å². The number of allylic oxidation sites excluding steroid dienone is 1. The smallest absolute Gasteiger partial charge is 0.328 e. The van der Waals surface area contributed by atoms with Crippen molar-refractivity contribution in [2.45, 2.75) is 18.9 Å². The van der Waals surface area contributed by atoms with Crippen molar-refractivity contribution in [1.29, 1.82) is 0 Å². The molecular formula is C15H18N4O2. The summed E-state index contributed by atoms with van der Waals surface area (Å²) in [6.07, 6.45) is 6.01. The van der Waals surface area contributed by atoms with Crippen LogP contribution in [0.25, 0.3) is 17.1 Å². The maximum atomic E-state index is 11.0. The number of aromatic amines is 1. The van der Waals surface area contributed by atoms with Crippen LogP contribution >= 0.6 is 0 Å². The highest BCUT2D eigenvalue weighted by molar-refractivity contribution is 5.83. The van der Waals surface area contributed by atoms with Crippen LogP contribution in [-0.4, -0.2) is 39.8 Å². The highest BCUT2D eigenvalue weighted by Crippen LogP contribution is 2.10. The highest BCUT2D eigenvalue weighted by Gasteiger charge is 2.13. The Morgan fingerprint density at radius 2 is 2.29 bits per heavy atom. The number of nitrogens with two attached hydrogens (primary N) is 1. The van der Waals surface area contributed by atoms with Crippen LogP contribution in [0, 0.1) is 0 Å². The Labute approximate surface area is 122 Å². The molecule has 0 fully saturated rings. The monoisotopic (exact) mass is 286 g/mol. The van der Waals surface area contributed by atoms with Crippen molar-refractivity contribution in [3.8, 4) is 0 Å². The van der Waals surface area contributed by atoms with Gasteiger partial charge in [0.05, 0.1) is 11.0 Å². The van der Waals surface area contributed by atoms with E-state index in [1.165, 1.54) is 6.21 Å². The Morgan fingerprint density at radius 3 is 3.00 bits per heavy atom. The van der Waals surface area contributed by atoms with E-state index in [9.17, 15) is 4.79 Å². The molecule has 1 unspecified atom stereocenters. The zero-order chi connectivity index (χ0) is 15.1. The molecule has 0 spiro atoms. The summed E-state index contributed by atoms with van der Waals surface area (Å²) >= 11 is 0. The average molecular weight is 286 g/mol. The molecule has 1 atom stereocenters. The van der Waals surface area contributed by atoms with Crippen molar-refractivity contribution in [3.63, 3.8) is 0 Å². The fraction of sp³-hybridized carbons (Fsp3) is 0.267. The molecule has 0 aliphatic carbocycles. The van der Waals surface area contributed by atoms with Gasteiger partial charge in [0.2, 0.25) is 0 Å². The summed E-state index contributed by atoms with van der Waals surface area (Å²) in [6.45, 7) is 0.466. The fourth-order valence-electron chi connectivity index (χ4n) is 1.91. The van der Waals surface area contributed by atoms with Gasteiger partial charge in [-0.3, -0.25) is 4.99 Å². The number of carboxylic acids is 1. The van der Waals surface area contributed by atoms with E-state index in [4.69, 9.17) is 10.8 Å². The van der Waals surface area contributed by atoms with Crippen LogP contribution in [-0.2, 0) is 4.79 Å². The molecule has 2 aromatic rings. The van der Waals surface area contributed by atoms with E-state index in [0.29, 0.717) is 25.2 Å².